The zero-order valence-corrected chi connectivity index (χ0v) is 11.4. The summed E-state index contributed by atoms with van der Waals surface area (Å²) in [6.45, 7) is 4.61. The smallest absolute Gasteiger partial charge is 0.119 e. The Hall–Kier alpha value is -1.81. The Morgan fingerprint density at radius 3 is 2.68 bits per heavy atom. The van der Waals surface area contributed by atoms with E-state index in [1.807, 2.05) is 18.2 Å². The minimum Gasteiger partial charge on any atom is -0.494 e. The number of aromatic nitrogens is 2. The predicted octanol–water partition coefficient (Wildman–Crippen LogP) is 2.88. The van der Waals surface area contributed by atoms with Crippen molar-refractivity contribution in [3.8, 4) is 5.75 Å². The van der Waals surface area contributed by atoms with E-state index in [4.69, 9.17) is 4.74 Å². The number of hydrogen-bond donors (Lipinski definition) is 2. The van der Waals surface area contributed by atoms with Crippen LogP contribution in [-0.4, -0.2) is 16.8 Å². The molecule has 0 amide bonds. The third-order valence-electron chi connectivity index (χ3n) is 2.89. The van der Waals surface area contributed by atoms with Gasteiger partial charge in [0.25, 0.3) is 0 Å². The van der Waals surface area contributed by atoms with E-state index in [2.05, 4.69) is 34.6 Å². The molecule has 0 unspecified atom stereocenters. The molecule has 2 rings (SSSR count). The maximum absolute atomic E-state index is 5.63. The zero-order valence-electron chi connectivity index (χ0n) is 11.4. The summed E-state index contributed by atoms with van der Waals surface area (Å²) in [5, 5.41) is 10.2. The molecule has 1 heterocycles. The Labute approximate surface area is 114 Å². The molecule has 0 saturated carbocycles. The maximum Gasteiger partial charge on any atom is 0.119 e. The van der Waals surface area contributed by atoms with E-state index in [1.54, 1.807) is 6.20 Å². The molecule has 0 aliphatic rings. The van der Waals surface area contributed by atoms with Crippen molar-refractivity contribution in [1.29, 1.82) is 0 Å². The summed E-state index contributed by atoms with van der Waals surface area (Å²) in [7, 11) is 0. The van der Waals surface area contributed by atoms with Crippen LogP contribution in [0.3, 0.4) is 0 Å². The summed E-state index contributed by atoms with van der Waals surface area (Å²) in [5.74, 6) is 0.950. The van der Waals surface area contributed by atoms with Gasteiger partial charge >= 0.3 is 0 Å². The highest BCUT2D eigenvalue weighted by molar-refractivity contribution is 5.27. The molecule has 0 saturated heterocycles. The molecule has 1 aromatic heterocycles. The average molecular weight is 259 g/mol. The molecule has 1 aromatic carbocycles. The lowest BCUT2D eigenvalue weighted by Gasteiger charge is -2.07. The fourth-order valence-corrected chi connectivity index (χ4v) is 1.76. The first-order valence-electron chi connectivity index (χ1n) is 6.79. The quantitative estimate of drug-likeness (QED) is 0.717. The number of unbranched alkanes of at least 4 members (excludes halogenated alkanes) is 1. The van der Waals surface area contributed by atoms with E-state index in [9.17, 15) is 0 Å². The Kier molecular flexibility index (Phi) is 5.44. The molecule has 19 heavy (non-hydrogen) atoms. The van der Waals surface area contributed by atoms with Crippen LogP contribution in [-0.2, 0) is 13.1 Å². The predicted molar refractivity (Wildman–Crippen MR) is 76.0 cm³/mol. The molecule has 0 bridgehead atoms. The topological polar surface area (TPSA) is 49.9 Å². The Morgan fingerprint density at radius 1 is 1.16 bits per heavy atom. The minimum atomic E-state index is 0.800. The van der Waals surface area contributed by atoms with Crippen molar-refractivity contribution in [2.45, 2.75) is 32.9 Å². The van der Waals surface area contributed by atoms with Crippen LogP contribution >= 0.6 is 0 Å². The first-order valence-corrected chi connectivity index (χ1v) is 6.79. The van der Waals surface area contributed by atoms with Crippen LogP contribution in [0.1, 0.15) is 31.0 Å². The standard InChI is InChI=1S/C15H21N3O/c1-2-3-10-19-15-6-4-13(5-7-15)11-16-12-14-8-9-17-18-14/h4-9,16H,2-3,10-12H2,1H3,(H,17,18). The molecule has 4 heteroatoms. The van der Waals surface area contributed by atoms with Gasteiger partial charge in [0, 0.05) is 25.0 Å². The second-order valence-electron chi connectivity index (χ2n) is 4.53. The van der Waals surface area contributed by atoms with Crippen LogP contribution in [0.15, 0.2) is 36.5 Å². The summed E-state index contributed by atoms with van der Waals surface area (Å²) >= 11 is 0. The third kappa shape index (κ3) is 4.75. The van der Waals surface area contributed by atoms with Gasteiger partial charge in [-0.1, -0.05) is 25.5 Å². The Balaban J connectivity index is 1.72. The lowest BCUT2D eigenvalue weighted by atomic mass is 10.2. The summed E-state index contributed by atoms with van der Waals surface area (Å²) < 4.78 is 5.63. The van der Waals surface area contributed by atoms with Gasteiger partial charge in [0.15, 0.2) is 0 Å². The number of rotatable bonds is 8. The minimum absolute atomic E-state index is 0.800. The van der Waals surface area contributed by atoms with Crippen LogP contribution in [0.5, 0.6) is 5.75 Å². The summed E-state index contributed by atoms with van der Waals surface area (Å²) in [4.78, 5) is 0. The number of aromatic amines is 1. The highest BCUT2D eigenvalue weighted by atomic mass is 16.5. The Bertz CT molecular complexity index is 451. The van der Waals surface area contributed by atoms with Gasteiger partial charge in [-0.15, -0.1) is 0 Å². The first kappa shape index (κ1) is 13.6. The van der Waals surface area contributed by atoms with Crippen molar-refractivity contribution >= 4 is 0 Å². The molecule has 2 N–H and O–H groups in total. The van der Waals surface area contributed by atoms with E-state index in [-0.39, 0.29) is 0 Å². The van der Waals surface area contributed by atoms with Gasteiger partial charge in [-0.25, -0.2) is 0 Å². The van der Waals surface area contributed by atoms with Crippen molar-refractivity contribution in [1.82, 2.24) is 15.5 Å². The molecule has 0 spiro atoms. The number of ether oxygens (including phenoxy) is 1. The van der Waals surface area contributed by atoms with Crippen molar-refractivity contribution in [3.63, 3.8) is 0 Å². The lowest BCUT2D eigenvalue weighted by molar-refractivity contribution is 0.309. The van der Waals surface area contributed by atoms with Crippen LogP contribution in [0, 0.1) is 0 Å². The molecular formula is C15H21N3O. The monoisotopic (exact) mass is 259 g/mol. The lowest BCUT2D eigenvalue weighted by Crippen LogP contribution is -2.12. The first-order chi connectivity index (χ1) is 9.38. The van der Waals surface area contributed by atoms with E-state index < -0.39 is 0 Å². The second kappa shape index (κ2) is 7.59. The fraction of sp³-hybridized carbons (Fsp3) is 0.400. The zero-order chi connectivity index (χ0) is 13.3. The van der Waals surface area contributed by atoms with E-state index >= 15 is 0 Å². The SMILES string of the molecule is CCCCOc1ccc(CNCc2ccn[nH]2)cc1. The van der Waals surface area contributed by atoms with Crippen LogP contribution in [0.25, 0.3) is 0 Å². The summed E-state index contributed by atoms with van der Waals surface area (Å²) in [5.41, 5.74) is 2.35. The molecule has 0 atom stereocenters. The van der Waals surface area contributed by atoms with Crippen LogP contribution < -0.4 is 10.1 Å². The molecule has 4 nitrogen and oxygen atoms in total. The number of nitrogens with zero attached hydrogens (tertiary/aromatic N) is 1. The van der Waals surface area contributed by atoms with Crippen LogP contribution in [0.4, 0.5) is 0 Å². The van der Waals surface area contributed by atoms with Gasteiger partial charge in [0.05, 0.1) is 6.61 Å². The molecule has 0 radical (unpaired) electrons. The number of H-pyrrole nitrogens is 1. The molecule has 2 aromatic rings. The Morgan fingerprint density at radius 2 is 2.00 bits per heavy atom. The van der Waals surface area contributed by atoms with Gasteiger partial charge in [0.1, 0.15) is 5.75 Å². The number of benzene rings is 1. The summed E-state index contributed by atoms with van der Waals surface area (Å²) in [6, 6.07) is 10.2. The molecule has 0 aliphatic heterocycles. The molecular weight excluding hydrogens is 238 g/mol. The van der Waals surface area contributed by atoms with Gasteiger partial charge in [-0.05, 0) is 30.2 Å². The van der Waals surface area contributed by atoms with Crippen molar-refractivity contribution in [2.24, 2.45) is 0 Å². The highest BCUT2D eigenvalue weighted by Gasteiger charge is 1.97. The largest absolute Gasteiger partial charge is 0.494 e. The van der Waals surface area contributed by atoms with Gasteiger partial charge in [0.2, 0.25) is 0 Å². The fourth-order valence-electron chi connectivity index (χ4n) is 1.76. The molecule has 0 fully saturated rings. The maximum atomic E-state index is 5.63. The molecule has 0 aliphatic carbocycles. The van der Waals surface area contributed by atoms with Crippen molar-refractivity contribution in [3.05, 3.63) is 47.8 Å². The van der Waals surface area contributed by atoms with Crippen molar-refractivity contribution in [2.75, 3.05) is 6.61 Å². The third-order valence-corrected chi connectivity index (χ3v) is 2.89. The van der Waals surface area contributed by atoms with Gasteiger partial charge in [-0.2, -0.15) is 5.10 Å². The second-order valence-corrected chi connectivity index (χ2v) is 4.53. The van der Waals surface area contributed by atoms with Gasteiger partial charge in [-0.3, -0.25) is 5.10 Å². The van der Waals surface area contributed by atoms with E-state index in [1.165, 1.54) is 5.56 Å². The van der Waals surface area contributed by atoms with Crippen molar-refractivity contribution < 1.29 is 4.74 Å². The average Bonchev–Trinajstić information content (AvgIpc) is 2.94. The normalized spacial score (nSPS) is 10.6. The number of hydrogen-bond acceptors (Lipinski definition) is 3. The summed E-state index contributed by atoms with van der Waals surface area (Å²) in [6.07, 6.45) is 4.03. The van der Waals surface area contributed by atoms with E-state index in [0.717, 1.165) is 44.0 Å². The van der Waals surface area contributed by atoms with Crippen LogP contribution in [0.2, 0.25) is 0 Å². The van der Waals surface area contributed by atoms with E-state index in [0.29, 0.717) is 0 Å². The van der Waals surface area contributed by atoms with Gasteiger partial charge < -0.3 is 10.1 Å². The number of nitrogens with one attached hydrogen (secondary N) is 2. The molecule has 102 valence electrons. The highest BCUT2D eigenvalue weighted by Crippen LogP contribution is 2.12.